The van der Waals surface area contributed by atoms with E-state index in [9.17, 15) is 0 Å². The topological polar surface area (TPSA) is 44.5 Å². The summed E-state index contributed by atoms with van der Waals surface area (Å²) in [6.45, 7) is 0.698. The summed E-state index contributed by atoms with van der Waals surface area (Å²) in [6.07, 6.45) is 4.87. The van der Waals surface area contributed by atoms with Crippen LogP contribution in [-0.4, -0.2) is 12.8 Å². The first-order chi connectivity index (χ1) is 4.43. The van der Waals surface area contributed by atoms with Gasteiger partial charge in [0.2, 0.25) is 6.29 Å². The number of hydrogen-bond acceptors (Lipinski definition) is 3. The Morgan fingerprint density at radius 2 is 2.00 bits per heavy atom. The molecule has 0 saturated carbocycles. The molecule has 3 heteroatoms. The third-order valence-electron chi connectivity index (χ3n) is 1.16. The van der Waals surface area contributed by atoms with Crippen molar-refractivity contribution in [3.63, 3.8) is 0 Å². The normalized spacial score (nSPS) is 17.4. The van der Waals surface area contributed by atoms with Crippen molar-refractivity contribution in [3.8, 4) is 0 Å². The van der Waals surface area contributed by atoms with Crippen LogP contribution in [0.4, 0.5) is 0 Å². The molecule has 3 nitrogen and oxygen atoms in total. The lowest BCUT2D eigenvalue weighted by Gasteiger charge is -2.07. The quantitative estimate of drug-likeness (QED) is 0.605. The highest BCUT2D eigenvalue weighted by Gasteiger charge is 2.09. The monoisotopic (exact) mass is 129 g/mol. The van der Waals surface area contributed by atoms with Crippen molar-refractivity contribution in [2.45, 2.75) is 19.1 Å². The molecule has 0 saturated heterocycles. The van der Waals surface area contributed by atoms with Gasteiger partial charge in [-0.1, -0.05) is 0 Å². The Balaban J connectivity index is 2.01. The predicted molar refractivity (Wildman–Crippen MR) is 33.4 cm³/mol. The molecular weight excluding hydrogens is 118 g/mol. The Morgan fingerprint density at radius 1 is 1.33 bits per heavy atom. The van der Waals surface area contributed by atoms with Crippen molar-refractivity contribution < 1.29 is 9.47 Å². The first-order valence-corrected chi connectivity index (χ1v) is 3.09. The van der Waals surface area contributed by atoms with Gasteiger partial charge in [0.15, 0.2) is 0 Å². The van der Waals surface area contributed by atoms with Crippen LogP contribution in [0.1, 0.15) is 12.8 Å². The first kappa shape index (κ1) is 6.42. The highest BCUT2D eigenvalue weighted by molar-refractivity contribution is 4.70. The van der Waals surface area contributed by atoms with Gasteiger partial charge in [0, 0.05) is 6.42 Å². The van der Waals surface area contributed by atoms with E-state index in [0.717, 1.165) is 12.8 Å². The first-order valence-electron chi connectivity index (χ1n) is 3.09. The molecule has 0 atom stereocenters. The molecule has 0 spiro atoms. The van der Waals surface area contributed by atoms with Gasteiger partial charge in [0.1, 0.15) is 12.5 Å². The van der Waals surface area contributed by atoms with Gasteiger partial charge in [-0.05, 0) is 13.0 Å². The fourth-order valence-corrected chi connectivity index (χ4v) is 0.692. The summed E-state index contributed by atoms with van der Waals surface area (Å²) in [5, 5.41) is 0. The number of hydrogen-bond donors (Lipinski definition) is 1. The van der Waals surface area contributed by atoms with E-state index in [1.165, 1.54) is 0 Å². The summed E-state index contributed by atoms with van der Waals surface area (Å²) in [5.41, 5.74) is 5.28. The Labute approximate surface area is 54.4 Å². The largest absolute Gasteiger partial charge is 0.459 e. The maximum atomic E-state index is 5.28. The van der Waals surface area contributed by atoms with Crippen molar-refractivity contribution in [1.82, 2.24) is 0 Å². The second-order valence-corrected chi connectivity index (χ2v) is 1.90. The van der Waals surface area contributed by atoms with E-state index in [1.807, 2.05) is 0 Å². The van der Waals surface area contributed by atoms with Crippen LogP contribution in [0, 0.1) is 0 Å². The van der Waals surface area contributed by atoms with E-state index < -0.39 is 0 Å². The zero-order valence-corrected chi connectivity index (χ0v) is 5.25. The van der Waals surface area contributed by atoms with E-state index in [0.29, 0.717) is 6.54 Å². The van der Waals surface area contributed by atoms with Gasteiger partial charge in [0.25, 0.3) is 0 Å². The maximum Gasteiger partial charge on any atom is 0.239 e. The molecule has 0 amide bonds. The van der Waals surface area contributed by atoms with Crippen LogP contribution < -0.4 is 5.73 Å². The van der Waals surface area contributed by atoms with E-state index in [2.05, 4.69) is 0 Å². The van der Waals surface area contributed by atoms with Gasteiger partial charge >= 0.3 is 0 Å². The average molecular weight is 129 g/mol. The Hall–Kier alpha value is -0.700. The minimum atomic E-state index is -0.0754. The highest BCUT2D eigenvalue weighted by Crippen LogP contribution is 2.09. The van der Waals surface area contributed by atoms with Crippen LogP contribution in [0.2, 0.25) is 0 Å². The Bertz CT molecular complexity index is 95.2. The van der Waals surface area contributed by atoms with Crippen molar-refractivity contribution in [2.24, 2.45) is 5.73 Å². The van der Waals surface area contributed by atoms with Gasteiger partial charge in [0.05, 0.1) is 0 Å². The minimum absolute atomic E-state index is 0.0754. The van der Waals surface area contributed by atoms with Gasteiger partial charge < -0.3 is 15.2 Å². The summed E-state index contributed by atoms with van der Waals surface area (Å²) in [6, 6.07) is 0. The lowest BCUT2D eigenvalue weighted by atomic mass is 10.3. The molecule has 0 radical (unpaired) electrons. The molecule has 1 rings (SSSR count). The van der Waals surface area contributed by atoms with Gasteiger partial charge in [-0.3, -0.25) is 0 Å². The molecule has 52 valence electrons. The molecule has 1 heterocycles. The Morgan fingerprint density at radius 3 is 2.56 bits per heavy atom. The third kappa shape index (κ3) is 1.93. The van der Waals surface area contributed by atoms with E-state index in [1.54, 1.807) is 12.5 Å². The second-order valence-electron chi connectivity index (χ2n) is 1.90. The molecule has 0 aromatic heterocycles. The van der Waals surface area contributed by atoms with E-state index in [4.69, 9.17) is 15.2 Å². The SMILES string of the molecule is NCCCC1OC=CO1. The zero-order chi connectivity index (χ0) is 6.53. The molecule has 0 bridgehead atoms. The number of nitrogens with two attached hydrogens (primary N) is 1. The molecule has 0 aromatic carbocycles. The van der Waals surface area contributed by atoms with Gasteiger partial charge in [-0.2, -0.15) is 0 Å². The fourth-order valence-electron chi connectivity index (χ4n) is 0.692. The van der Waals surface area contributed by atoms with Crippen LogP contribution >= 0.6 is 0 Å². The van der Waals surface area contributed by atoms with Gasteiger partial charge in [-0.15, -0.1) is 0 Å². The molecule has 1 aliphatic heterocycles. The van der Waals surface area contributed by atoms with E-state index >= 15 is 0 Å². The van der Waals surface area contributed by atoms with Crippen molar-refractivity contribution >= 4 is 0 Å². The standard InChI is InChI=1S/C6H11NO2/c7-3-1-2-6-8-4-5-9-6/h4-6H,1-3,7H2. The molecule has 1 aliphatic rings. The summed E-state index contributed by atoms with van der Waals surface area (Å²) in [7, 11) is 0. The third-order valence-corrected chi connectivity index (χ3v) is 1.16. The zero-order valence-electron chi connectivity index (χ0n) is 5.25. The number of ether oxygens (including phenoxy) is 2. The number of rotatable bonds is 3. The molecular formula is C6H11NO2. The van der Waals surface area contributed by atoms with Gasteiger partial charge in [-0.25, -0.2) is 0 Å². The Kier molecular flexibility index (Phi) is 2.39. The molecule has 0 unspecified atom stereocenters. The van der Waals surface area contributed by atoms with Crippen LogP contribution in [0.25, 0.3) is 0 Å². The van der Waals surface area contributed by atoms with Crippen molar-refractivity contribution in [2.75, 3.05) is 6.54 Å². The predicted octanol–water partition coefficient (Wildman–Crippen LogP) is 0.569. The molecule has 2 N–H and O–H groups in total. The average Bonchev–Trinajstić information content (AvgIpc) is 2.34. The van der Waals surface area contributed by atoms with Crippen LogP contribution in [-0.2, 0) is 9.47 Å². The smallest absolute Gasteiger partial charge is 0.239 e. The lowest BCUT2D eigenvalue weighted by Crippen LogP contribution is -2.10. The molecule has 0 aromatic rings. The van der Waals surface area contributed by atoms with Crippen LogP contribution in [0.5, 0.6) is 0 Å². The summed E-state index contributed by atoms with van der Waals surface area (Å²) >= 11 is 0. The van der Waals surface area contributed by atoms with E-state index in [-0.39, 0.29) is 6.29 Å². The molecule has 9 heavy (non-hydrogen) atoms. The molecule has 0 fully saturated rings. The van der Waals surface area contributed by atoms with Crippen LogP contribution in [0.15, 0.2) is 12.5 Å². The van der Waals surface area contributed by atoms with Crippen molar-refractivity contribution in [1.29, 1.82) is 0 Å². The highest BCUT2D eigenvalue weighted by atomic mass is 16.7. The minimum Gasteiger partial charge on any atom is -0.459 e. The summed E-state index contributed by atoms with van der Waals surface area (Å²) in [4.78, 5) is 0. The van der Waals surface area contributed by atoms with Crippen molar-refractivity contribution in [3.05, 3.63) is 12.5 Å². The molecule has 0 aliphatic carbocycles. The summed E-state index contributed by atoms with van der Waals surface area (Å²) < 4.78 is 9.99. The van der Waals surface area contributed by atoms with Crippen LogP contribution in [0.3, 0.4) is 0 Å². The second kappa shape index (κ2) is 3.35. The maximum absolute atomic E-state index is 5.28. The lowest BCUT2D eigenvalue weighted by molar-refractivity contribution is -0.0286. The fraction of sp³-hybridized carbons (Fsp3) is 0.667. The summed E-state index contributed by atoms with van der Waals surface area (Å²) in [5.74, 6) is 0.